The SMILES string of the molecule is CC(=O)OC[C@H]1O[C@H](Sc2ccccc2)C[C@H](OC(C)=O)[C@@H]1OC(C)=O. The van der Waals surface area contributed by atoms with Gasteiger partial charge < -0.3 is 18.9 Å². The van der Waals surface area contributed by atoms with Gasteiger partial charge in [-0.05, 0) is 12.1 Å². The molecule has 0 aliphatic carbocycles. The molecule has 1 aliphatic rings. The second-order valence-corrected chi connectivity index (χ2v) is 7.03. The average molecular weight is 382 g/mol. The Bertz CT molecular complexity index is 634. The Hall–Kier alpha value is -2.06. The van der Waals surface area contributed by atoms with Crippen molar-refractivity contribution in [2.75, 3.05) is 6.61 Å². The van der Waals surface area contributed by atoms with Gasteiger partial charge in [-0.1, -0.05) is 30.0 Å². The van der Waals surface area contributed by atoms with E-state index in [0.717, 1.165) is 4.90 Å². The van der Waals surface area contributed by atoms with E-state index in [2.05, 4.69) is 0 Å². The number of ether oxygens (including phenoxy) is 4. The minimum Gasteiger partial charge on any atom is -0.463 e. The van der Waals surface area contributed by atoms with Gasteiger partial charge in [0.2, 0.25) is 0 Å². The molecule has 142 valence electrons. The first-order valence-corrected chi connectivity index (χ1v) is 9.08. The van der Waals surface area contributed by atoms with Crippen LogP contribution in [0.1, 0.15) is 27.2 Å². The van der Waals surface area contributed by atoms with Gasteiger partial charge in [0.25, 0.3) is 0 Å². The lowest BCUT2D eigenvalue weighted by Crippen LogP contribution is -2.53. The largest absolute Gasteiger partial charge is 0.463 e. The highest BCUT2D eigenvalue weighted by atomic mass is 32.2. The minimum atomic E-state index is -0.844. The molecule has 1 aromatic rings. The Morgan fingerprint density at radius 1 is 1.04 bits per heavy atom. The highest BCUT2D eigenvalue weighted by Crippen LogP contribution is 2.35. The van der Waals surface area contributed by atoms with E-state index in [1.54, 1.807) is 0 Å². The summed E-state index contributed by atoms with van der Waals surface area (Å²) in [7, 11) is 0. The van der Waals surface area contributed by atoms with Gasteiger partial charge >= 0.3 is 17.9 Å². The fraction of sp³-hybridized carbons (Fsp3) is 0.500. The molecule has 26 heavy (non-hydrogen) atoms. The molecule has 0 saturated carbocycles. The van der Waals surface area contributed by atoms with Crippen molar-refractivity contribution in [2.45, 2.75) is 55.8 Å². The molecular weight excluding hydrogens is 360 g/mol. The quantitative estimate of drug-likeness (QED) is 0.547. The number of benzene rings is 1. The number of carbonyl (C=O) groups excluding carboxylic acids is 3. The molecule has 1 fully saturated rings. The van der Waals surface area contributed by atoms with E-state index >= 15 is 0 Å². The van der Waals surface area contributed by atoms with E-state index in [4.69, 9.17) is 18.9 Å². The molecule has 8 heteroatoms. The molecule has 0 unspecified atom stereocenters. The maximum absolute atomic E-state index is 11.5. The van der Waals surface area contributed by atoms with Crippen LogP contribution in [0.5, 0.6) is 0 Å². The predicted octanol–water partition coefficient (Wildman–Crippen LogP) is 2.32. The Balaban J connectivity index is 2.18. The third-order valence-electron chi connectivity index (χ3n) is 3.57. The van der Waals surface area contributed by atoms with Gasteiger partial charge in [-0.2, -0.15) is 0 Å². The van der Waals surface area contributed by atoms with Crippen molar-refractivity contribution in [3.63, 3.8) is 0 Å². The lowest BCUT2D eigenvalue weighted by Gasteiger charge is -2.39. The summed E-state index contributed by atoms with van der Waals surface area (Å²) in [5, 5.41) is 0. The van der Waals surface area contributed by atoms with Crippen molar-refractivity contribution in [3.8, 4) is 0 Å². The van der Waals surface area contributed by atoms with Crippen molar-refractivity contribution >= 4 is 29.7 Å². The first-order chi connectivity index (χ1) is 12.3. The third kappa shape index (κ3) is 6.34. The molecular formula is C18H22O7S. The van der Waals surface area contributed by atoms with Crippen molar-refractivity contribution in [1.82, 2.24) is 0 Å². The summed E-state index contributed by atoms with van der Waals surface area (Å²) in [6, 6.07) is 9.61. The molecule has 1 aliphatic heterocycles. The first kappa shape index (κ1) is 20.3. The number of esters is 3. The average Bonchev–Trinajstić information content (AvgIpc) is 2.55. The van der Waals surface area contributed by atoms with E-state index in [1.165, 1.54) is 32.5 Å². The maximum atomic E-state index is 11.5. The van der Waals surface area contributed by atoms with Crippen LogP contribution in [0.4, 0.5) is 0 Å². The van der Waals surface area contributed by atoms with Crippen molar-refractivity contribution < 1.29 is 33.3 Å². The van der Waals surface area contributed by atoms with E-state index < -0.39 is 36.2 Å². The van der Waals surface area contributed by atoms with Gasteiger partial charge in [0.05, 0.1) is 0 Å². The third-order valence-corrected chi connectivity index (χ3v) is 4.68. The van der Waals surface area contributed by atoms with Gasteiger partial charge in [0.15, 0.2) is 6.10 Å². The summed E-state index contributed by atoms with van der Waals surface area (Å²) in [6.45, 7) is 3.74. The minimum absolute atomic E-state index is 0.100. The first-order valence-electron chi connectivity index (χ1n) is 8.20. The van der Waals surface area contributed by atoms with Gasteiger partial charge in [-0.25, -0.2) is 0 Å². The van der Waals surface area contributed by atoms with Crippen LogP contribution in [0.15, 0.2) is 35.2 Å². The van der Waals surface area contributed by atoms with Crippen LogP contribution in [0.2, 0.25) is 0 Å². The second kappa shape index (κ2) is 9.59. The second-order valence-electron chi connectivity index (χ2n) is 5.80. The Morgan fingerprint density at radius 3 is 2.27 bits per heavy atom. The van der Waals surface area contributed by atoms with Crippen molar-refractivity contribution in [3.05, 3.63) is 30.3 Å². The zero-order chi connectivity index (χ0) is 19.1. The van der Waals surface area contributed by atoms with E-state index in [9.17, 15) is 14.4 Å². The smallest absolute Gasteiger partial charge is 0.303 e. The molecule has 1 aromatic carbocycles. The number of thioether (sulfide) groups is 1. The fourth-order valence-corrected chi connectivity index (χ4v) is 3.73. The van der Waals surface area contributed by atoms with E-state index in [0.29, 0.717) is 6.42 Å². The van der Waals surface area contributed by atoms with Crippen LogP contribution < -0.4 is 0 Å². The highest BCUT2D eigenvalue weighted by molar-refractivity contribution is 7.99. The number of rotatable bonds is 6. The molecule has 7 nitrogen and oxygen atoms in total. The molecule has 2 rings (SSSR count). The van der Waals surface area contributed by atoms with Crippen LogP contribution in [-0.2, 0) is 33.3 Å². The molecule has 4 atom stereocenters. The Morgan fingerprint density at radius 2 is 1.69 bits per heavy atom. The predicted molar refractivity (Wildman–Crippen MR) is 93.3 cm³/mol. The van der Waals surface area contributed by atoms with E-state index in [1.807, 2.05) is 30.3 Å². The molecule has 0 radical (unpaired) electrons. The maximum Gasteiger partial charge on any atom is 0.303 e. The molecule has 0 amide bonds. The van der Waals surface area contributed by atoms with Gasteiger partial charge in [-0.15, -0.1) is 0 Å². The summed E-state index contributed by atoms with van der Waals surface area (Å²) in [5.41, 5.74) is -0.353. The normalized spacial score (nSPS) is 25.2. The summed E-state index contributed by atoms with van der Waals surface area (Å²) in [5.74, 6) is -1.49. The fourth-order valence-electron chi connectivity index (χ4n) is 2.62. The lowest BCUT2D eigenvalue weighted by molar-refractivity contribution is -0.204. The van der Waals surface area contributed by atoms with Crippen molar-refractivity contribution in [1.29, 1.82) is 0 Å². The molecule has 1 heterocycles. The molecule has 0 spiro atoms. The monoisotopic (exact) mass is 382 g/mol. The highest BCUT2D eigenvalue weighted by Gasteiger charge is 2.43. The zero-order valence-electron chi connectivity index (χ0n) is 14.9. The summed E-state index contributed by atoms with van der Waals surface area (Å²) < 4.78 is 21.7. The Labute approximate surface area is 156 Å². The van der Waals surface area contributed by atoms with Gasteiger partial charge in [-0.3, -0.25) is 14.4 Å². The van der Waals surface area contributed by atoms with Crippen LogP contribution in [0, 0.1) is 0 Å². The number of hydrogen-bond acceptors (Lipinski definition) is 8. The molecule has 0 bridgehead atoms. The topological polar surface area (TPSA) is 88.1 Å². The van der Waals surface area contributed by atoms with Gasteiger partial charge in [0.1, 0.15) is 24.3 Å². The summed E-state index contributed by atoms with van der Waals surface area (Å²) >= 11 is 1.46. The van der Waals surface area contributed by atoms with Crippen LogP contribution in [-0.4, -0.2) is 48.3 Å². The van der Waals surface area contributed by atoms with Crippen molar-refractivity contribution in [2.24, 2.45) is 0 Å². The van der Waals surface area contributed by atoms with E-state index in [-0.39, 0.29) is 12.0 Å². The molecule has 1 saturated heterocycles. The van der Waals surface area contributed by atoms with Crippen LogP contribution in [0.3, 0.4) is 0 Å². The molecule has 0 aromatic heterocycles. The van der Waals surface area contributed by atoms with Crippen LogP contribution >= 0.6 is 11.8 Å². The molecule has 0 N–H and O–H groups in total. The zero-order valence-corrected chi connectivity index (χ0v) is 15.7. The van der Waals surface area contributed by atoms with Gasteiger partial charge in [0, 0.05) is 32.1 Å². The van der Waals surface area contributed by atoms with Crippen LogP contribution in [0.25, 0.3) is 0 Å². The lowest BCUT2D eigenvalue weighted by atomic mass is 10.0. The number of hydrogen-bond donors (Lipinski definition) is 0. The summed E-state index contributed by atoms with van der Waals surface area (Å²) in [4.78, 5) is 35.1. The summed E-state index contributed by atoms with van der Waals surface area (Å²) in [6.07, 6.45) is -1.93. The standard InChI is InChI=1S/C18H22O7S/c1-11(19)22-10-16-18(24-13(3)21)15(23-12(2)20)9-17(25-16)26-14-7-5-4-6-8-14/h4-8,15-18H,9-10H2,1-3H3/t15-,16+,17+,18-/m0/s1. The Kier molecular flexibility index (Phi) is 7.47. The number of carbonyl (C=O) groups is 3.